The van der Waals surface area contributed by atoms with Crippen molar-refractivity contribution in [2.24, 2.45) is 11.8 Å². The molecule has 2 fully saturated rings. The Morgan fingerprint density at radius 1 is 1.03 bits per heavy atom. The maximum Gasteiger partial charge on any atom is 0.250 e. The van der Waals surface area contributed by atoms with E-state index in [1.54, 1.807) is 11.8 Å². The Balaban J connectivity index is 1.53. The van der Waals surface area contributed by atoms with E-state index >= 15 is 0 Å². The summed E-state index contributed by atoms with van der Waals surface area (Å²) >= 11 is 1.71. The highest BCUT2D eigenvalue weighted by atomic mass is 32.2. The number of nitrogens with one attached hydrogen (secondary N) is 2. The summed E-state index contributed by atoms with van der Waals surface area (Å²) < 4.78 is 0. The van der Waals surface area contributed by atoms with Crippen LogP contribution >= 0.6 is 11.8 Å². The molecule has 7 heteroatoms. The van der Waals surface area contributed by atoms with E-state index in [-0.39, 0.29) is 23.8 Å². The zero-order valence-corrected chi connectivity index (χ0v) is 19.8. The number of aryl methyl sites for hydroxylation is 1. The number of thioether (sulfide) groups is 1. The topological polar surface area (TPSA) is 78.5 Å². The molecule has 3 amide bonds. The van der Waals surface area contributed by atoms with Gasteiger partial charge in [0.15, 0.2) is 0 Å². The molecule has 3 heterocycles. The van der Waals surface area contributed by atoms with Gasteiger partial charge in [0.1, 0.15) is 5.54 Å². The second kappa shape index (κ2) is 8.61. The van der Waals surface area contributed by atoms with Crippen LogP contribution in [-0.2, 0) is 32.8 Å². The molecule has 5 rings (SSSR count). The summed E-state index contributed by atoms with van der Waals surface area (Å²) in [5.74, 6) is -0.998. The first-order valence-electron chi connectivity index (χ1n) is 11.6. The molecule has 3 aliphatic rings. The molecule has 2 N–H and O–H groups in total. The van der Waals surface area contributed by atoms with E-state index in [0.717, 1.165) is 41.0 Å². The molecule has 0 unspecified atom stereocenters. The van der Waals surface area contributed by atoms with Gasteiger partial charge in [-0.05, 0) is 48.5 Å². The van der Waals surface area contributed by atoms with Gasteiger partial charge in [0.05, 0.1) is 11.8 Å². The normalized spacial score (nSPS) is 27.9. The van der Waals surface area contributed by atoms with Crippen LogP contribution in [0.25, 0.3) is 0 Å². The summed E-state index contributed by atoms with van der Waals surface area (Å²) in [7, 11) is 0. The second-order valence-electron chi connectivity index (χ2n) is 9.10. The van der Waals surface area contributed by atoms with Gasteiger partial charge in [0.2, 0.25) is 17.7 Å². The smallest absolute Gasteiger partial charge is 0.250 e. The first-order valence-corrected chi connectivity index (χ1v) is 13.0. The number of hydrogen-bond acceptors (Lipinski definition) is 5. The maximum atomic E-state index is 13.8. The number of rotatable bonds is 7. The van der Waals surface area contributed by atoms with Gasteiger partial charge in [-0.2, -0.15) is 11.8 Å². The van der Waals surface area contributed by atoms with Crippen LogP contribution in [0.5, 0.6) is 0 Å². The Bertz CT molecular complexity index is 1110. The van der Waals surface area contributed by atoms with E-state index < -0.39 is 17.4 Å². The summed E-state index contributed by atoms with van der Waals surface area (Å²) in [5, 5.41) is 6.51. The first kappa shape index (κ1) is 22.2. The van der Waals surface area contributed by atoms with Crippen molar-refractivity contribution in [3.05, 3.63) is 65.2 Å². The van der Waals surface area contributed by atoms with Crippen LogP contribution < -0.4 is 10.6 Å². The highest BCUT2D eigenvalue weighted by Gasteiger charge is 2.70. The second-order valence-corrected chi connectivity index (χ2v) is 10.1. The number of carbonyl (C=O) groups excluding carboxylic acids is 3. The van der Waals surface area contributed by atoms with Crippen molar-refractivity contribution in [1.29, 1.82) is 0 Å². The van der Waals surface area contributed by atoms with Crippen LogP contribution in [0.4, 0.5) is 5.69 Å². The van der Waals surface area contributed by atoms with E-state index in [1.165, 1.54) is 4.90 Å². The van der Waals surface area contributed by atoms with Crippen LogP contribution in [0.2, 0.25) is 0 Å². The van der Waals surface area contributed by atoms with Crippen molar-refractivity contribution >= 4 is 35.2 Å². The lowest BCUT2D eigenvalue weighted by atomic mass is 9.76. The van der Waals surface area contributed by atoms with E-state index in [2.05, 4.69) is 17.6 Å². The highest BCUT2D eigenvalue weighted by Crippen LogP contribution is 2.53. The van der Waals surface area contributed by atoms with Crippen molar-refractivity contribution in [1.82, 2.24) is 10.2 Å². The van der Waals surface area contributed by atoms with Gasteiger partial charge in [-0.1, -0.05) is 49.4 Å². The summed E-state index contributed by atoms with van der Waals surface area (Å²) in [6.07, 6.45) is 4.20. The average molecular weight is 464 g/mol. The molecule has 0 saturated carbocycles. The SMILES string of the molecule is CCc1ccc2c(c1)[C@]1(N[C@@H](CCSC)[C@H]3C(=O)N(CCc4ccccc4)C(=O)[C@H]31)C(=O)N2. The van der Waals surface area contributed by atoms with Crippen molar-refractivity contribution < 1.29 is 14.4 Å². The van der Waals surface area contributed by atoms with Crippen LogP contribution in [0.15, 0.2) is 48.5 Å². The van der Waals surface area contributed by atoms with Gasteiger partial charge in [0.25, 0.3) is 0 Å². The molecular weight excluding hydrogens is 434 g/mol. The molecule has 2 aromatic rings. The van der Waals surface area contributed by atoms with Gasteiger partial charge in [-0.15, -0.1) is 0 Å². The lowest BCUT2D eigenvalue weighted by Crippen LogP contribution is -2.53. The predicted octanol–water partition coefficient (Wildman–Crippen LogP) is 2.97. The third kappa shape index (κ3) is 3.40. The fraction of sp³-hybridized carbons (Fsp3) is 0.423. The van der Waals surface area contributed by atoms with E-state index in [1.807, 2.05) is 54.8 Å². The molecule has 0 aliphatic carbocycles. The quantitative estimate of drug-likeness (QED) is 0.618. The van der Waals surface area contributed by atoms with Crippen molar-refractivity contribution in [3.63, 3.8) is 0 Å². The lowest BCUT2D eigenvalue weighted by molar-refractivity contribution is -0.142. The average Bonchev–Trinajstić information content (AvgIpc) is 3.41. The van der Waals surface area contributed by atoms with E-state index in [9.17, 15) is 14.4 Å². The summed E-state index contributed by atoms with van der Waals surface area (Å²) in [6.45, 7) is 2.41. The number of anilines is 1. The zero-order chi connectivity index (χ0) is 23.2. The fourth-order valence-electron chi connectivity index (χ4n) is 5.73. The monoisotopic (exact) mass is 463 g/mol. The highest BCUT2D eigenvalue weighted by molar-refractivity contribution is 7.98. The van der Waals surface area contributed by atoms with Crippen molar-refractivity contribution in [2.75, 3.05) is 23.9 Å². The van der Waals surface area contributed by atoms with Gasteiger partial charge in [0, 0.05) is 23.8 Å². The number of imide groups is 1. The summed E-state index contributed by atoms with van der Waals surface area (Å²) in [5.41, 5.74) is 2.53. The zero-order valence-electron chi connectivity index (χ0n) is 19.0. The molecule has 33 heavy (non-hydrogen) atoms. The van der Waals surface area contributed by atoms with Crippen LogP contribution in [0, 0.1) is 11.8 Å². The molecule has 6 nitrogen and oxygen atoms in total. The molecule has 4 atom stereocenters. The molecule has 2 aromatic carbocycles. The molecule has 172 valence electrons. The first-order chi connectivity index (χ1) is 16.0. The fourth-order valence-corrected chi connectivity index (χ4v) is 6.22. The largest absolute Gasteiger partial charge is 0.324 e. The number of likely N-dealkylation sites (tertiary alicyclic amines) is 1. The minimum Gasteiger partial charge on any atom is -0.324 e. The Morgan fingerprint density at radius 3 is 2.55 bits per heavy atom. The summed E-state index contributed by atoms with van der Waals surface area (Å²) in [6, 6.07) is 15.6. The van der Waals surface area contributed by atoms with Crippen molar-refractivity contribution in [3.8, 4) is 0 Å². The lowest BCUT2D eigenvalue weighted by Gasteiger charge is -2.29. The summed E-state index contributed by atoms with van der Waals surface area (Å²) in [4.78, 5) is 42.3. The minimum absolute atomic E-state index is 0.149. The number of hydrogen-bond donors (Lipinski definition) is 2. The molecule has 0 radical (unpaired) electrons. The number of nitrogens with zero attached hydrogens (tertiary/aromatic N) is 1. The number of fused-ring (bicyclic) bond motifs is 4. The van der Waals surface area contributed by atoms with Crippen LogP contribution in [0.3, 0.4) is 0 Å². The van der Waals surface area contributed by atoms with Gasteiger partial charge in [-0.3, -0.25) is 24.6 Å². The Morgan fingerprint density at radius 2 is 1.82 bits per heavy atom. The number of amides is 3. The van der Waals surface area contributed by atoms with Gasteiger partial charge >= 0.3 is 0 Å². The molecule has 3 aliphatic heterocycles. The minimum atomic E-state index is -1.19. The van der Waals surface area contributed by atoms with E-state index in [4.69, 9.17) is 0 Å². The third-order valence-corrected chi connectivity index (χ3v) is 8.02. The number of carbonyl (C=O) groups is 3. The maximum absolute atomic E-state index is 13.8. The van der Waals surface area contributed by atoms with Crippen LogP contribution in [-0.4, -0.2) is 47.2 Å². The van der Waals surface area contributed by atoms with Crippen molar-refractivity contribution in [2.45, 2.75) is 37.8 Å². The Kier molecular flexibility index (Phi) is 5.79. The molecule has 2 saturated heterocycles. The van der Waals surface area contributed by atoms with Gasteiger partial charge < -0.3 is 5.32 Å². The Labute approximate surface area is 198 Å². The molecule has 1 spiro atoms. The Hall–Kier alpha value is -2.64. The predicted molar refractivity (Wildman–Crippen MR) is 130 cm³/mol. The molecular formula is C26H29N3O3S. The van der Waals surface area contributed by atoms with E-state index in [0.29, 0.717) is 13.0 Å². The van der Waals surface area contributed by atoms with Crippen LogP contribution in [0.1, 0.15) is 30.0 Å². The number of benzene rings is 2. The standard InChI is InChI=1S/C26H29N3O3S/c1-3-16-9-10-19-18(15-16)26(25(32)27-19)22-21(20(28-26)12-14-33-2)23(30)29(24(22)31)13-11-17-7-5-4-6-8-17/h4-10,15,20-22,28H,3,11-14H2,1-2H3,(H,27,32)/t20-,21+,22-,26+/m0/s1. The molecule has 0 aromatic heterocycles. The van der Waals surface area contributed by atoms with Gasteiger partial charge in [-0.25, -0.2) is 0 Å². The molecule has 0 bridgehead atoms. The third-order valence-electron chi connectivity index (χ3n) is 7.38.